The minimum Gasteiger partial charge on any atom is -0.327 e. The molecule has 3 aromatic heterocycles. The van der Waals surface area contributed by atoms with Crippen molar-refractivity contribution < 1.29 is 4.39 Å². The molecule has 0 saturated heterocycles. The van der Waals surface area contributed by atoms with E-state index < -0.39 is 14.2 Å². The number of imidazole rings is 1. The van der Waals surface area contributed by atoms with Crippen LogP contribution in [0.5, 0.6) is 0 Å². The molecule has 7 heteroatoms. The number of para-hydroxylation sites is 4. The molecule has 8 aromatic carbocycles. The van der Waals surface area contributed by atoms with Crippen LogP contribution in [0.2, 0.25) is 0 Å². The Hall–Kier alpha value is -7.87. The predicted octanol–water partition coefficient (Wildman–Crippen LogP) is 11.0. The van der Waals surface area contributed by atoms with E-state index in [1.165, 1.54) is 31.5 Å². The van der Waals surface area contributed by atoms with Gasteiger partial charge in [-0.3, -0.25) is 4.90 Å². The molecule has 1 aliphatic rings. The highest BCUT2D eigenvalue weighted by atomic mass is 28.3. The minimum atomic E-state index is -3.15. The molecular weight excluding hydrogens is 790 g/mol. The lowest BCUT2D eigenvalue weighted by atomic mass is 9.99. The number of benzene rings is 8. The number of pyridine rings is 1. The molecule has 4 heterocycles. The lowest BCUT2D eigenvalue weighted by Crippen LogP contribution is -2.77. The van der Waals surface area contributed by atoms with Crippen LogP contribution in [-0.2, 0) is 7.05 Å². The second-order valence-corrected chi connectivity index (χ2v) is 20.1. The van der Waals surface area contributed by atoms with Crippen LogP contribution in [0, 0.1) is 0 Å². The second-order valence-electron chi connectivity index (χ2n) is 16.3. The van der Waals surface area contributed by atoms with Crippen molar-refractivity contribution in [2.75, 3.05) is 4.90 Å². The van der Waals surface area contributed by atoms with E-state index in [2.05, 4.69) is 166 Å². The van der Waals surface area contributed by atoms with Crippen LogP contribution in [0.4, 0.5) is 21.6 Å². The molecule has 1 unspecified atom stereocenters. The van der Waals surface area contributed by atoms with Crippen LogP contribution < -0.4 is 25.6 Å². The molecule has 1 atom stereocenters. The molecule has 0 radical (unpaired) electrons. The summed E-state index contributed by atoms with van der Waals surface area (Å²) in [6, 6.07) is 74.3. The third-order valence-electron chi connectivity index (χ3n) is 12.9. The Morgan fingerprint density at radius 2 is 1.16 bits per heavy atom. The zero-order valence-electron chi connectivity index (χ0n) is 34.5. The molecular formula is C56H40FN5Si. The monoisotopic (exact) mass is 829 g/mol. The highest BCUT2D eigenvalue weighted by Crippen LogP contribution is 2.43. The molecule has 11 aromatic rings. The topological polar surface area (TPSA) is 38.9 Å². The van der Waals surface area contributed by atoms with Crippen molar-refractivity contribution in [3.05, 3.63) is 230 Å². The maximum atomic E-state index is 17.6. The number of fused-ring (bicyclic) bond motifs is 6. The number of aromatic nitrogens is 4. The van der Waals surface area contributed by atoms with E-state index in [-0.39, 0.29) is 0 Å². The number of nitrogens with zero attached hydrogens (tertiary/aromatic N) is 5. The first-order valence-electron chi connectivity index (χ1n) is 21.4. The third-order valence-corrected chi connectivity index (χ3v) is 17.8. The van der Waals surface area contributed by atoms with Crippen molar-refractivity contribution in [1.82, 2.24) is 19.1 Å². The molecule has 0 spiro atoms. The van der Waals surface area contributed by atoms with Gasteiger partial charge in [0.1, 0.15) is 11.6 Å². The Morgan fingerprint density at radius 3 is 1.89 bits per heavy atom. The van der Waals surface area contributed by atoms with E-state index >= 15 is 4.39 Å². The third kappa shape index (κ3) is 5.67. The molecule has 300 valence electrons. The fourth-order valence-corrected chi connectivity index (χ4v) is 15.2. The first kappa shape index (κ1) is 36.9. The molecule has 0 amide bonds. The number of halogens is 1. The smallest absolute Gasteiger partial charge is 0.184 e. The van der Waals surface area contributed by atoms with Gasteiger partial charge in [-0.2, -0.15) is 0 Å². The van der Waals surface area contributed by atoms with E-state index in [9.17, 15) is 0 Å². The van der Waals surface area contributed by atoms with Crippen LogP contribution in [0.15, 0.2) is 219 Å². The summed E-state index contributed by atoms with van der Waals surface area (Å²) in [7, 11) is -1.14. The van der Waals surface area contributed by atoms with Gasteiger partial charge in [-0.15, -0.1) is 0 Å². The largest absolute Gasteiger partial charge is 0.327 e. The van der Waals surface area contributed by atoms with Crippen molar-refractivity contribution in [2.45, 2.75) is 6.17 Å². The number of hydrogen-bond acceptors (Lipinski definition) is 3. The fraction of sp³-hybridized carbons (Fsp3) is 0.0357. The van der Waals surface area contributed by atoms with Gasteiger partial charge in [-0.25, -0.2) is 14.4 Å². The summed E-state index contributed by atoms with van der Waals surface area (Å²) in [5.41, 5.74) is 9.23. The van der Waals surface area contributed by atoms with Gasteiger partial charge in [-0.1, -0.05) is 146 Å². The molecule has 63 heavy (non-hydrogen) atoms. The van der Waals surface area contributed by atoms with E-state index in [0.29, 0.717) is 11.1 Å². The maximum absolute atomic E-state index is 17.6. The van der Waals surface area contributed by atoms with Gasteiger partial charge in [0, 0.05) is 41.0 Å². The normalized spacial score (nSPS) is 13.6. The lowest BCUT2D eigenvalue weighted by Gasteiger charge is -2.45. The second kappa shape index (κ2) is 14.6. The summed E-state index contributed by atoms with van der Waals surface area (Å²) in [5.74, 6) is 1.57. The van der Waals surface area contributed by atoms with E-state index in [1.54, 1.807) is 0 Å². The van der Waals surface area contributed by atoms with Crippen molar-refractivity contribution in [3.63, 3.8) is 0 Å². The first-order chi connectivity index (χ1) is 31.1. The Bertz CT molecular complexity index is 3460. The highest BCUT2D eigenvalue weighted by molar-refractivity contribution is 7.21. The average molecular weight is 830 g/mol. The Kier molecular flexibility index (Phi) is 8.59. The van der Waals surface area contributed by atoms with E-state index in [1.807, 2.05) is 73.9 Å². The summed E-state index contributed by atoms with van der Waals surface area (Å²) < 4.78 is 22.1. The lowest BCUT2D eigenvalue weighted by molar-refractivity contribution is 0.402. The number of rotatable bonds is 7. The van der Waals surface area contributed by atoms with Crippen LogP contribution in [0.1, 0.15) is 17.3 Å². The summed E-state index contributed by atoms with van der Waals surface area (Å²) in [4.78, 5) is 12.3. The quantitative estimate of drug-likeness (QED) is 0.150. The average Bonchev–Trinajstić information content (AvgIpc) is 3.87. The number of hydrogen-bond donors (Lipinski definition) is 0. The molecule has 0 N–H and O–H groups in total. The summed E-state index contributed by atoms with van der Waals surface area (Å²) in [6.07, 6.45) is 0.431. The summed E-state index contributed by atoms with van der Waals surface area (Å²) >= 11 is 0. The number of alkyl halides is 1. The van der Waals surface area contributed by atoms with Gasteiger partial charge in [-0.05, 0) is 98.6 Å². The summed E-state index contributed by atoms with van der Waals surface area (Å²) in [5, 5.41) is 7.31. The van der Waals surface area contributed by atoms with E-state index in [0.717, 1.165) is 56.3 Å². The van der Waals surface area contributed by atoms with Crippen molar-refractivity contribution in [2.24, 2.45) is 7.05 Å². The van der Waals surface area contributed by atoms with Gasteiger partial charge in [0.15, 0.2) is 14.2 Å². The van der Waals surface area contributed by atoms with Gasteiger partial charge in [0.25, 0.3) is 0 Å². The first-order valence-corrected chi connectivity index (χ1v) is 23.4. The molecule has 0 saturated carbocycles. The van der Waals surface area contributed by atoms with Gasteiger partial charge >= 0.3 is 0 Å². The van der Waals surface area contributed by atoms with Crippen molar-refractivity contribution in [3.8, 4) is 17.1 Å². The molecule has 5 nitrogen and oxygen atoms in total. The molecule has 12 rings (SSSR count). The van der Waals surface area contributed by atoms with Crippen LogP contribution in [0.3, 0.4) is 0 Å². The van der Waals surface area contributed by atoms with E-state index in [4.69, 9.17) is 9.97 Å². The molecule has 0 aliphatic carbocycles. The molecule has 1 aliphatic heterocycles. The Balaban J connectivity index is 1.15. The summed E-state index contributed by atoms with van der Waals surface area (Å²) in [6.45, 7) is 0. The van der Waals surface area contributed by atoms with Crippen LogP contribution in [-0.4, -0.2) is 27.2 Å². The maximum Gasteiger partial charge on any atom is 0.184 e. The number of anilines is 3. The van der Waals surface area contributed by atoms with Gasteiger partial charge in [0.05, 0.1) is 27.8 Å². The highest BCUT2D eigenvalue weighted by Gasteiger charge is 2.49. The molecule has 0 bridgehead atoms. The zero-order chi connectivity index (χ0) is 42.1. The van der Waals surface area contributed by atoms with Crippen LogP contribution >= 0.6 is 0 Å². The Labute approximate surface area is 365 Å². The Morgan fingerprint density at radius 1 is 0.508 bits per heavy atom. The van der Waals surface area contributed by atoms with Crippen molar-refractivity contribution in [1.29, 1.82) is 0 Å². The fourth-order valence-electron chi connectivity index (χ4n) is 10.2. The zero-order valence-corrected chi connectivity index (χ0v) is 35.5. The SMILES string of the molecule is Cn1c(-c2cccc(C(F)c3ccc4c(c3)N(c3ccccn3)c3cc5c(cc3[Si]4(c3ccccc3)c3ccccc3)c3ccccc3n5-c3ccccc3)c2)nc2ccccc21. The standard InChI is InChI=1S/C56H40FN5Si/c1-60-48-29-14-12-27-46(48)59-56(60)40-19-17-18-38(34-40)55(57)39-31-32-52-50(35-39)62(54-30-15-16-33-58-54)51-37-49-45(44-26-11-13-28-47(44)61(49)41-20-5-2-6-21-41)36-53(51)63(52,42-22-7-3-8-23-42)43-24-9-4-10-25-43/h2-37,55H,1H3. The van der Waals surface area contributed by atoms with Crippen molar-refractivity contribution >= 4 is 78.9 Å². The van der Waals surface area contributed by atoms with Gasteiger partial charge < -0.3 is 9.13 Å². The minimum absolute atomic E-state index is 0.573. The predicted molar refractivity (Wildman–Crippen MR) is 260 cm³/mol. The van der Waals surface area contributed by atoms with Crippen LogP contribution in [0.25, 0.3) is 49.9 Å². The number of aryl methyl sites for hydroxylation is 1. The molecule has 0 fully saturated rings. The van der Waals surface area contributed by atoms with Gasteiger partial charge in [0.2, 0.25) is 0 Å².